The van der Waals surface area contributed by atoms with Crippen molar-refractivity contribution in [1.29, 1.82) is 0 Å². The lowest BCUT2D eigenvalue weighted by atomic mass is 10.00. The number of sulfonamides is 2. The Morgan fingerprint density at radius 3 is 1.28 bits per heavy atom. The highest BCUT2D eigenvalue weighted by atomic mass is 32.2. The lowest BCUT2D eigenvalue weighted by Gasteiger charge is -2.31. The molecule has 0 aliphatic carbocycles. The molecule has 2 amide bonds. The summed E-state index contributed by atoms with van der Waals surface area (Å²) >= 11 is 0. The van der Waals surface area contributed by atoms with E-state index in [1.807, 2.05) is 71.1 Å². The first-order chi connectivity index (χ1) is 62.6. The maximum absolute atomic E-state index is 14.1. The number of aliphatic carboxylic acids is 1. The van der Waals surface area contributed by atoms with Crippen molar-refractivity contribution in [3.8, 4) is 34.5 Å². The molecule has 732 valence electrons. The third kappa shape index (κ3) is 34.3. The van der Waals surface area contributed by atoms with Crippen LogP contribution in [0.15, 0.2) is 155 Å². The number of benzene rings is 6. The number of nitrogens with two attached hydrogens (primary N) is 2. The Morgan fingerprint density at radius 1 is 0.561 bits per heavy atom. The van der Waals surface area contributed by atoms with Crippen LogP contribution in [0.25, 0.3) is 0 Å². The van der Waals surface area contributed by atoms with Gasteiger partial charge >= 0.3 is 33.6 Å². The van der Waals surface area contributed by atoms with Gasteiger partial charge in [0.2, 0.25) is 20.0 Å². The van der Waals surface area contributed by atoms with Crippen molar-refractivity contribution in [2.75, 3.05) is 105 Å². The van der Waals surface area contributed by atoms with Crippen LogP contribution in [0.1, 0.15) is 122 Å². The Kier molecular flexibility index (Phi) is 44.3. The van der Waals surface area contributed by atoms with E-state index in [4.69, 9.17) is 81.1 Å². The minimum absolute atomic E-state index is 0.0226. The molecule has 132 heavy (non-hydrogen) atoms. The number of aliphatic hydroxyl groups excluding tert-OH is 2. The molecule has 4 saturated heterocycles. The Balaban J connectivity index is 0.000000289. The highest BCUT2D eigenvalue weighted by Crippen LogP contribution is 2.53. The second kappa shape index (κ2) is 53.2. The number of fused-ring (bicyclic) bond motifs is 2. The van der Waals surface area contributed by atoms with E-state index in [0.717, 1.165) is 23.0 Å². The fraction of sp³-hybridized carbons (Fsp3) is 0.533. The van der Waals surface area contributed by atoms with Gasteiger partial charge in [0.25, 0.3) is 0 Å². The molecule has 0 radical (unpaired) electrons. The number of Topliss-reactive ketones (excluding diaryl/α,β-unsaturated/α-hetero) is 2. The average molecular weight is 1940 g/mol. The van der Waals surface area contributed by atoms with Crippen LogP contribution in [-0.2, 0) is 100 Å². The zero-order valence-corrected chi connectivity index (χ0v) is 79.6. The van der Waals surface area contributed by atoms with Crippen LogP contribution in [0.2, 0.25) is 0 Å². The Morgan fingerprint density at radius 2 is 0.932 bits per heavy atom. The number of amides is 2. The summed E-state index contributed by atoms with van der Waals surface area (Å²) in [6.45, 7) is 20.8. The number of carboxylic acids is 1. The maximum Gasteiger partial charge on any atom is 0.430 e. The minimum atomic E-state index is -5.19. The monoisotopic (exact) mass is 1940 g/mol. The van der Waals surface area contributed by atoms with E-state index in [-0.39, 0.29) is 128 Å². The van der Waals surface area contributed by atoms with Gasteiger partial charge in [0.15, 0.2) is 47.1 Å². The molecule has 0 spiro atoms. The van der Waals surface area contributed by atoms with Crippen LogP contribution in [0.4, 0.5) is 22.8 Å². The predicted molar refractivity (Wildman–Crippen MR) is 477 cm³/mol. The van der Waals surface area contributed by atoms with Crippen molar-refractivity contribution < 1.29 is 154 Å². The normalized spacial score (nSPS) is 19.2. The molecule has 8 N–H and O–H groups in total. The second-order valence-corrected chi connectivity index (χ2v) is 40.0. The number of carboxylic acid groups (broad SMARTS) is 1. The molecular formula is C90H125F3N6O29P2S2. The highest BCUT2D eigenvalue weighted by molar-refractivity contribution is 7.89. The first kappa shape index (κ1) is 110. The van der Waals surface area contributed by atoms with Gasteiger partial charge in [0.1, 0.15) is 60.9 Å². The number of halogens is 3. The molecule has 0 saturated carbocycles. The van der Waals surface area contributed by atoms with Crippen molar-refractivity contribution in [2.45, 2.75) is 192 Å². The van der Waals surface area contributed by atoms with Gasteiger partial charge in [-0.25, -0.2) is 35.6 Å². The number of alkyl halides is 3. The fourth-order valence-corrected chi connectivity index (χ4v) is 20.8. The van der Waals surface area contributed by atoms with Crippen molar-refractivity contribution in [2.24, 2.45) is 29.4 Å². The smallest absolute Gasteiger partial charge is 0.430 e. The number of ketones is 2. The molecule has 4 aliphatic rings. The number of aliphatic hydroxyl groups is 2. The van der Waals surface area contributed by atoms with Gasteiger partial charge in [-0.15, -0.1) is 0 Å². The van der Waals surface area contributed by atoms with Crippen LogP contribution in [0, 0.1) is 23.7 Å². The average Bonchev–Trinajstić information content (AvgIpc) is 0.928. The fourth-order valence-electron chi connectivity index (χ4n) is 14.2. The summed E-state index contributed by atoms with van der Waals surface area (Å²) in [5, 5.41) is 39.5. The SMILES string of the molecule is CCOc1ccccc1OP(=O)(CCN)O[C@@H](C)C(=O)CC.CCOc1ccccc1OP(=O)(CC[NH2+]Cc1ccc(C[C@H](NC(=O)OC2CO[C@H]3OCC[C@@H]23)[C@H](O)CN(CC(C)C)S(=O)(=O)c2ccc(OC)cc2)cc1)O[C@@H](C)C(=O)CC.COc1ccc(S(=O)(=O)N(CC(C)C)C[C@@H](O)[C@H](Cc2ccc(C=O)cc2)NC(=O)OC2CO[C@H]3OCC[C@@H]23)cc1.O=C([O-])C(F)(F)F. The summed E-state index contributed by atoms with van der Waals surface area (Å²) in [5.74, 6) is -1.09. The van der Waals surface area contributed by atoms with E-state index in [9.17, 15) is 73.3 Å². The van der Waals surface area contributed by atoms with E-state index >= 15 is 0 Å². The van der Waals surface area contributed by atoms with Gasteiger partial charge in [0.05, 0.1) is 112 Å². The van der Waals surface area contributed by atoms with Crippen molar-refractivity contribution in [3.63, 3.8) is 0 Å². The predicted octanol–water partition coefficient (Wildman–Crippen LogP) is 9.83. The van der Waals surface area contributed by atoms with Gasteiger partial charge in [-0.05, 0) is 149 Å². The molecule has 14 atom stereocenters. The van der Waals surface area contributed by atoms with E-state index < -0.39 is 121 Å². The number of carbonyl (C=O) groups is 6. The third-order valence-electron chi connectivity index (χ3n) is 21.0. The minimum Gasteiger partial charge on any atom is -0.542 e. The first-order valence-electron chi connectivity index (χ1n) is 43.5. The number of carbonyl (C=O) groups excluding carboxylic acids is 6. The molecule has 6 aromatic rings. The van der Waals surface area contributed by atoms with Gasteiger partial charge in [-0.1, -0.05) is 114 Å². The molecular weight excluding hydrogens is 1810 g/mol. The highest BCUT2D eigenvalue weighted by Gasteiger charge is 2.47. The molecule has 0 aromatic heterocycles. The largest absolute Gasteiger partial charge is 0.542 e. The topological polar surface area (TPSA) is 471 Å². The van der Waals surface area contributed by atoms with Crippen LogP contribution < -0.4 is 54.8 Å². The molecule has 6 aromatic carbocycles. The maximum atomic E-state index is 14.1. The standard InChI is InChI=1S/C44H62N3O13PS.C29H38N2O9S.C15H24NO5P.C2HF3O2/c1-7-38(48)31(5)59-61(51,60-41-12-10-9-11-40(41)55-8-2)24-22-45-26-33-15-13-32(14-16-33)25-37(46-44(50)58-42-29-57-43-36(42)21-23-56-43)39(49)28-47(27-30(3)4)62(52,53)35-19-17-34(54-6)18-20-35;1-19(2)15-31(41(35,36)23-10-8-22(37-3)9-11-23)16-26(33)25(14-20-4-6-21(17-32)7-5-20)30-29(34)40-27-18-39-28-24(27)12-13-38-28;1-4-13(17)12(3)20-22(18,11-10-16)21-15-9-7-6-8-14(15)19-5-2;3-2(4,5)1(6)7/h9-20,30-31,36-37,39,42-43,45,49H,7-8,21-29H2,1-6H3,(H,46,50);4-11,17,19,24-28,33H,12-16,18H2,1-3H3,(H,30,34);6-9,12H,4-5,10-11,16H2,1-3H3;(H,6,7)/t31-,36-,37-,39+,42?,43+,61?;24-,25-,26+,27?,28+;12-,22?;/m000./s1. The quantitative estimate of drug-likeness (QED) is 0.0117. The zero-order chi connectivity index (χ0) is 97.1. The Hall–Kier alpha value is -9.19. The van der Waals surface area contributed by atoms with Crippen molar-refractivity contribution in [3.05, 3.63) is 168 Å². The van der Waals surface area contributed by atoms with Gasteiger partial charge in [-0.2, -0.15) is 21.8 Å². The number of nitrogens with one attached hydrogen (secondary N) is 2. The van der Waals surface area contributed by atoms with Crippen molar-refractivity contribution in [1.82, 2.24) is 19.2 Å². The van der Waals surface area contributed by atoms with Crippen LogP contribution in [0.5, 0.6) is 34.5 Å². The number of hydrogen-bond acceptors (Lipinski definition) is 30. The zero-order valence-electron chi connectivity index (χ0n) is 76.2. The summed E-state index contributed by atoms with van der Waals surface area (Å²) < 4.78 is 194. The number of nitrogens with zero attached hydrogens (tertiary/aromatic N) is 2. The van der Waals surface area contributed by atoms with E-state index in [0.29, 0.717) is 93.1 Å². The Labute approximate surface area is 769 Å². The van der Waals surface area contributed by atoms with Crippen LogP contribution in [0.3, 0.4) is 0 Å². The lowest BCUT2D eigenvalue weighted by Crippen LogP contribution is -2.83. The van der Waals surface area contributed by atoms with Gasteiger partial charge in [-0.3, -0.25) is 23.4 Å². The second-order valence-electron chi connectivity index (χ2n) is 32.0. The summed E-state index contributed by atoms with van der Waals surface area (Å²) in [7, 11) is -12.4. The molecule has 10 rings (SSSR count). The van der Waals surface area contributed by atoms with E-state index in [1.165, 1.54) is 47.1 Å². The molecule has 4 heterocycles. The van der Waals surface area contributed by atoms with Crippen LogP contribution in [-0.4, -0.2) is 245 Å². The number of ether oxygens (including phenoxy) is 10. The number of rotatable bonds is 48. The number of quaternary nitrogens is 1. The molecule has 4 fully saturated rings. The Bertz CT molecular complexity index is 4960. The van der Waals surface area contributed by atoms with Gasteiger partial charge < -0.3 is 98.2 Å². The number of aldehydes is 1. The molecule has 35 nitrogen and oxygen atoms in total. The number of methoxy groups -OCH3 is 2. The molecule has 4 aliphatic heterocycles. The van der Waals surface area contributed by atoms with E-state index in [1.54, 1.807) is 125 Å². The summed E-state index contributed by atoms with van der Waals surface area (Å²) in [5.41, 5.74) is 8.44. The molecule has 42 heteroatoms. The van der Waals surface area contributed by atoms with Crippen molar-refractivity contribution >= 4 is 71.2 Å². The summed E-state index contributed by atoms with van der Waals surface area (Å²) in [6, 6.07) is 38.3. The summed E-state index contributed by atoms with van der Waals surface area (Å²) in [4.78, 5) is 70.5. The number of hydrogen-bond donors (Lipinski definition) is 6. The molecule has 0 bridgehead atoms. The van der Waals surface area contributed by atoms with Crippen LogP contribution >= 0.6 is 15.2 Å². The first-order valence-corrected chi connectivity index (χ1v) is 49.9. The van der Waals surface area contributed by atoms with Gasteiger partial charge in [0, 0.05) is 56.7 Å². The van der Waals surface area contributed by atoms with E-state index in [2.05, 4.69) is 10.6 Å². The third-order valence-corrected chi connectivity index (χ3v) is 28.5. The molecule has 4 unspecified atom stereocenters. The number of para-hydroxylation sites is 4. The lowest BCUT2D eigenvalue weighted by molar-refractivity contribution is -0.667. The summed E-state index contributed by atoms with van der Waals surface area (Å²) in [6.07, 6.45) is -9.82. The number of alkyl carbamates (subject to hydrolysis) is 2.